The Labute approximate surface area is 116 Å². The molecule has 2 atom stereocenters. The van der Waals surface area contributed by atoms with E-state index in [9.17, 15) is 5.11 Å². The molecule has 0 fully saturated rings. The van der Waals surface area contributed by atoms with Crippen LogP contribution in [0.1, 0.15) is 19.8 Å². The van der Waals surface area contributed by atoms with Gasteiger partial charge in [0.15, 0.2) is 0 Å². The number of nitrogens with zero attached hydrogens (tertiary/aromatic N) is 2. The second-order valence-electron chi connectivity index (χ2n) is 5.30. The maximum absolute atomic E-state index is 11.3. The highest BCUT2D eigenvalue weighted by Gasteiger charge is 2.21. The molecule has 2 unspecified atom stereocenters. The molecule has 2 aliphatic heterocycles. The minimum absolute atomic E-state index is 0.0317. The molecule has 1 radical (unpaired) electrons. The molecule has 0 amide bonds. The predicted molar refractivity (Wildman–Crippen MR) is 75.4 cm³/mol. The van der Waals surface area contributed by atoms with Crippen molar-refractivity contribution in [2.45, 2.75) is 32.1 Å². The molecule has 0 aromatic rings. The summed E-state index contributed by atoms with van der Waals surface area (Å²) in [5.74, 6) is 0. The van der Waals surface area contributed by atoms with Crippen molar-refractivity contribution < 1.29 is 9.84 Å². The van der Waals surface area contributed by atoms with E-state index in [0.717, 1.165) is 45.6 Å². The molecule has 0 aromatic heterocycles. The lowest BCUT2D eigenvalue weighted by molar-refractivity contribution is -0.116. The van der Waals surface area contributed by atoms with Gasteiger partial charge in [0, 0.05) is 32.7 Å². The monoisotopic (exact) mass is 265 g/mol. The van der Waals surface area contributed by atoms with E-state index in [1.54, 1.807) is 0 Å². The molecule has 0 saturated carbocycles. The largest absolute Gasteiger partial charge is 0.356 e. The summed E-state index contributed by atoms with van der Waals surface area (Å²) >= 11 is 0. The van der Waals surface area contributed by atoms with Crippen LogP contribution >= 0.6 is 0 Å². The lowest BCUT2D eigenvalue weighted by atomic mass is 10.2. The molecule has 0 saturated heterocycles. The van der Waals surface area contributed by atoms with Crippen LogP contribution in [0.15, 0.2) is 24.3 Å². The minimum atomic E-state index is -0.201. The molecule has 2 heterocycles. The molecule has 0 spiro atoms. The third-order valence-electron chi connectivity index (χ3n) is 3.78. The van der Waals surface area contributed by atoms with Crippen molar-refractivity contribution in [2.75, 3.05) is 39.3 Å². The zero-order valence-electron chi connectivity index (χ0n) is 11.8. The van der Waals surface area contributed by atoms with Gasteiger partial charge in [0.2, 0.25) is 0 Å². The fourth-order valence-electron chi connectivity index (χ4n) is 2.63. The van der Waals surface area contributed by atoms with Gasteiger partial charge in [-0.3, -0.25) is 9.80 Å². The Morgan fingerprint density at radius 2 is 1.84 bits per heavy atom. The normalized spacial score (nSPS) is 24.5. The highest BCUT2D eigenvalue weighted by molar-refractivity contribution is 4.92. The molecular formula is C15H25N2O2. The van der Waals surface area contributed by atoms with Crippen LogP contribution in [0.25, 0.3) is 0 Å². The molecule has 107 valence electrons. The topological polar surface area (TPSA) is 35.6 Å². The molecule has 0 N–H and O–H groups in total. The van der Waals surface area contributed by atoms with E-state index in [-0.39, 0.29) is 18.9 Å². The summed E-state index contributed by atoms with van der Waals surface area (Å²) in [5, 5.41) is 11.3. The first-order valence-electron chi connectivity index (χ1n) is 7.29. The zero-order valence-corrected chi connectivity index (χ0v) is 11.8. The Balaban J connectivity index is 1.77. The van der Waals surface area contributed by atoms with Crippen molar-refractivity contribution in [3.05, 3.63) is 24.3 Å². The van der Waals surface area contributed by atoms with Crippen molar-refractivity contribution in [3.63, 3.8) is 0 Å². The summed E-state index contributed by atoms with van der Waals surface area (Å²) in [4.78, 5) is 4.57. The van der Waals surface area contributed by atoms with Crippen molar-refractivity contribution in [3.8, 4) is 0 Å². The molecule has 2 rings (SSSR count). The average Bonchev–Trinajstić information content (AvgIpc) is 2.48. The quantitative estimate of drug-likeness (QED) is 0.685. The molecule has 0 bridgehead atoms. The summed E-state index contributed by atoms with van der Waals surface area (Å²) in [5.41, 5.74) is 0. The maximum atomic E-state index is 11.3. The van der Waals surface area contributed by atoms with Gasteiger partial charge in [0.05, 0.1) is 6.10 Å². The number of ether oxygens (including phenoxy) is 1. The first kappa shape index (κ1) is 14.7. The minimum Gasteiger partial charge on any atom is -0.356 e. The van der Waals surface area contributed by atoms with E-state index in [0.29, 0.717) is 0 Å². The molecular weight excluding hydrogens is 240 g/mol. The highest BCUT2D eigenvalue weighted by Crippen LogP contribution is 2.11. The van der Waals surface area contributed by atoms with Crippen molar-refractivity contribution >= 4 is 0 Å². The van der Waals surface area contributed by atoms with Crippen LogP contribution in [-0.4, -0.2) is 61.5 Å². The smallest absolute Gasteiger partial charge is 0.110 e. The zero-order chi connectivity index (χ0) is 13.5. The summed E-state index contributed by atoms with van der Waals surface area (Å²) in [6.07, 6.45) is 10.7. The van der Waals surface area contributed by atoms with Crippen LogP contribution in [0.5, 0.6) is 0 Å². The van der Waals surface area contributed by atoms with Gasteiger partial charge in [-0.2, -0.15) is 0 Å². The number of hydrogen-bond acceptors (Lipinski definition) is 3. The Bertz CT molecular complexity index is 317. The van der Waals surface area contributed by atoms with Crippen LogP contribution in [0.4, 0.5) is 0 Å². The van der Waals surface area contributed by atoms with Crippen molar-refractivity contribution in [2.24, 2.45) is 0 Å². The van der Waals surface area contributed by atoms with Gasteiger partial charge in [-0.1, -0.05) is 24.3 Å². The lowest BCUT2D eigenvalue weighted by Crippen LogP contribution is -2.44. The predicted octanol–water partition coefficient (Wildman–Crippen LogP) is 1.67. The summed E-state index contributed by atoms with van der Waals surface area (Å²) < 4.78 is 5.96. The Morgan fingerprint density at radius 1 is 1.11 bits per heavy atom. The molecule has 0 aromatic carbocycles. The van der Waals surface area contributed by atoms with E-state index in [2.05, 4.69) is 41.0 Å². The summed E-state index contributed by atoms with van der Waals surface area (Å²) in [6, 6.07) is 0. The Hall–Kier alpha value is -0.680. The van der Waals surface area contributed by atoms with E-state index >= 15 is 0 Å². The van der Waals surface area contributed by atoms with E-state index < -0.39 is 0 Å². The standard InChI is InChI=1S/C15H25N2O2/c1-14(17-10-6-3-7-11-17)19-15(13-18)12-16-8-4-2-5-9-16/h2-4,6,14-15H,5,7-13H2,1H3. The van der Waals surface area contributed by atoms with Crippen molar-refractivity contribution in [1.29, 1.82) is 0 Å². The van der Waals surface area contributed by atoms with Gasteiger partial charge in [-0.05, 0) is 19.8 Å². The fourth-order valence-corrected chi connectivity index (χ4v) is 2.63. The highest BCUT2D eigenvalue weighted by atomic mass is 16.5. The van der Waals surface area contributed by atoms with Crippen LogP contribution in [0, 0.1) is 0 Å². The molecule has 19 heavy (non-hydrogen) atoms. The molecule has 0 aliphatic carbocycles. The third kappa shape index (κ3) is 4.73. The second kappa shape index (κ2) is 7.80. The van der Waals surface area contributed by atoms with Gasteiger partial charge in [-0.15, -0.1) is 0 Å². The number of rotatable bonds is 6. The van der Waals surface area contributed by atoms with Crippen LogP contribution in [0.2, 0.25) is 0 Å². The summed E-state index contributed by atoms with van der Waals surface area (Å²) in [7, 11) is 0. The first-order valence-corrected chi connectivity index (χ1v) is 7.29. The van der Waals surface area contributed by atoms with E-state index in [1.807, 2.05) is 0 Å². The maximum Gasteiger partial charge on any atom is 0.110 e. The molecule has 4 heteroatoms. The Kier molecular flexibility index (Phi) is 6.04. The van der Waals surface area contributed by atoms with E-state index in [4.69, 9.17) is 4.74 Å². The number of hydrogen-bond donors (Lipinski definition) is 0. The van der Waals surface area contributed by atoms with E-state index in [1.165, 1.54) is 0 Å². The van der Waals surface area contributed by atoms with Crippen molar-refractivity contribution in [1.82, 2.24) is 9.80 Å². The Morgan fingerprint density at radius 3 is 2.42 bits per heavy atom. The van der Waals surface area contributed by atoms with Crippen LogP contribution < -0.4 is 0 Å². The molecule has 2 aliphatic rings. The average molecular weight is 265 g/mol. The SMILES string of the molecule is CC(OC(C[O])CN1CC=CCC1)N1CC=CCC1. The lowest BCUT2D eigenvalue weighted by Gasteiger charge is -2.34. The van der Waals surface area contributed by atoms with Gasteiger partial charge in [-0.25, -0.2) is 5.11 Å². The van der Waals surface area contributed by atoms with Crippen LogP contribution in [0.3, 0.4) is 0 Å². The van der Waals surface area contributed by atoms with Gasteiger partial charge >= 0.3 is 0 Å². The fraction of sp³-hybridized carbons (Fsp3) is 0.733. The van der Waals surface area contributed by atoms with Gasteiger partial charge in [0.25, 0.3) is 0 Å². The molecule has 4 nitrogen and oxygen atoms in total. The first-order chi connectivity index (χ1) is 9.29. The second-order valence-corrected chi connectivity index (χ2v) is 5.30. The van der Waals surface area contributed by atoms with Gasteiger partial charge < -0.3 is 4.74 Å². The summed E-state index contributed by atoms with van der Waals surface area (Å²) in [6.45, 7) is 6.58. The third-order valence-corrected chi connectivity index (χ3v) is 3.78. The van der Waals surface area contributed by atoms with Crippen LogP contribution in [-0.2, 0) is 9.84 Å². The van der Waals surface area contributed by atoms with Gasteiger partial charge in [0.1, 0.15) is 12.8 Å².